The van der Waals surface area contributed by atoms with Crippen LogP contribution in [0.15, 0.2) is 65.9 Å². The number of nitrogens with one attached hydrogen (secondary N) is 1. The van der Waals surface area contributed by atoms with Gasteiger partial charge in [0.05, 0.1) is 29.4 Å². The lowest BCUT2D eigenvalue weighted by molar-refractivity contribution is -0.137. The highest BCUT2D eigenvalue weighted by Crippen LogP contribution is 2.37. The average Bonchev–Trinajstić information content (AvgIpc) is 3.02. The molecule has 0 radical (unpaired) electrons. The second-order valence-electron chi connectivity index (χ2n) is 7.07. The molecule has 8 heteroatoms. The summed E-state index contributed by atoms with van der Waals surface area (Å²) in [5.41, 5.74) is 1.57. The Morgan fingerprint density at radius 2 is 1.69 bits per heavy atom. The van der Waals surface area contributed by atoms with E-state index in [1.54, 1.807) is 11.9 Å². The quantitative estimate of drug-likeness (QED) is 0.853. The number of alkyl halides is 3. The number of benzene rings is 2. The van der Waals surface area contributed by atoms with E-state index in [1.807, 2.05) is 30.3 Å². The summed E-state index contributed by atoms with van der Waals surface area (Å²) in [6.07, 6.45) is -4.45. The predicted molar refractivity (Wildman–Crippen MR) is 99.4 cm³/mol. The van der Waals surface area contributed by atoms with Crippen molar-refractivity contribution in [1.29, 1.82) is 0 Å². The van der Waals surface area contributed by atoms with Crippen LogP contribution in [-0.4, -0.2) is 35.3 Å². The second kappa shape index (κ2) is 6.95. The van der Waals surface area contributed by atoms with Gasteiger partial charge in [-0.15, -0.1) is 0 Å². The number of amides is 3. The molecule has 2 aromatic carbocycles. The van der Waals surface area contributed by atoms with Crippen molar-refractivity contribution < 1.29 is 22.8 Å². The third-order valence-electron chi connectivity index (χ3n) is 5.22. The fourth-order valence-electron chi connectivity index (χ4n) is 3.67. The van der Waals surface area contributed by atoms with Gasteiger partial charge in [0.15, 0.2) is 0 Å². The van der Waals surface area contributed by atoms with Crippen molar-refractivity contribution in [1.82, 2.24) is 15.1 Å². The number of nitrogens with zero attached hydrogens (tertiary/aromatic N) is 2. The summed E-state index contributed by atoms with van der Waals surface area (Å²) < 4.78 is 38.6. The zero-order valence-electron chi connectivity index (χ0n) is 15.5. The van der Waals surface area contributed by atoms with Crippen molar-refractivity contribution in [3.05, 3.63) is 82.6 Å². The second-order valence-corrected chi connectivity index (χ2v) is 7.07. The van der Waals surface area contributed by atoms with E-state index in [1.165, 1.54) is 17.0 Å². The van der Waals surface area contributed by atoms with Crippen LogP contribution in [0.5, 0.6) is 0 Å². The number of urea groups is 1. The highest BCUT2D eigenvalue weighted by atomic mass is 19.4. The number of hydrogen-bond donors (Lipinski definition) is 1. The lowest BCUT2D eigenvalue weighted by Crippen LogP contribution is -2.45. The number of likely N-dealkylation sites (N-methyl/N-ethyl adjacent to an activating group) is 1. The summed E-state index contributed by atoms with van der Waals surface area (Å²) in [6.45, 7) is 0.651. The van der Waals surface area contributed by atoms with Crippen LogP contribution in [0, 0.1) is 0 Å². The fraction of sp³-hybridized carbons (Fsp3) is 0.238. The Bertz CT molecular complexity index is 984. The van der Waals surface area contributed by atoms with E-state index in [-0.39, 0.29) is 12.5 Å². The first kappa shape index (κ1) is 19.0. The molecule has 0 bridgehead atoms. The molecule has 2 aliphatic heterocycles. The van der Waals surface area contributed by atoms with Crippen LogP contribution in [0.4, 0.5) is 18.0 Å². The molecule has 2 heterocycles. The first-order chi connectivity index (χ1) is 13.8. The SMILES string of the molecule is CN1C(=O)N[C@H](c2ccc(C(F)(F)F)cc2)C2=C1CN(Cc1ccccc1)C2=O. The van der Waals surface area contributed by atoms with Crippen molar-refractivity contribution in [3.8, 4) is 0 Å². The van der Waals surface area contributed by atoms with Gasteiger partial charge in [-0.05, 0) is 23.3 Å². The molecule has 0 spiro atoms. The van der Waals surface area contributed by atoms with Gasteiger partial charge in [-0.3, -0.25) is 9.69 Å². The first-order valence-electron chi connectivity index (χ1n) is 9.03. The monoisotopic (exact) mass is 401 g/mol. The fourth-order valence-corrected chi connectivity index (χ4v) is 3.67. The minimum atomic E-state index is -4.45. The van der Waals surface area contributed by atoms with Gasteiger partial charge in [-0.25, -0.2) is 4.79 Å². The summed E-state index contributed by atoms with van der Waals surface area (Å²) in [7, 11) is 1.58. The summed E-state index contributed by atoms with van der Waals surface area (Å²) in [5.74, 6) is -0.236. The minimum absolute atomic E-state index is 0.236. The molecule has 0 fully saturated rings. The number of halogens is 3. The van der Waals surface area contributed by atoms with E-state index in [2.05, 4.69) is 5.32 Å². The topological polar surface area (TPSA) is 52.7 Å². The van der Waals surface area contributed by atoms with Gasteiger partial charge in [-0.2, -0.15) is 13.2 Å². The smallest absolute Gasteiger partial charge is 0.329 e. The van der Waals surface area contributed by atoms with Crippen LogP contribution in [0.3, 0.4) is 0 Å². The third kappa shape index (κ3) is 3.46. The lowest BCUT2D eigenvalue weighted by atomic mass is 9.95. The van der Waals surface area contributed by atoms with E-state index in [0.29, 0.717) is 23.4 Å². The zero-order valence-corrected chi connectivity index (χ0v) is 15.5. The third-order valence-corrected chi connectivity index (χ3v) is 5.22. The molecule has 0 unspecified atom stereocenters. The molecule has 2 aliphatic rings. The Balaban J connectivity index is 1.65. The van der Waals surface area contributed by atoms with Crippen LogP contribution >= 0.6 is 0 Å². The molecule has 2 aromatic rings. The number of carbonyl (C=O) groups is 2. The van der Waals surface area contributed by atoms with Gasteiger partial charge in [0.2, 0.25) is 0 Å². The van der Waals surface area contributed by atoms with E-state index >= 15 is 0 Å². The van der Waals surface area contributed by atoms with Crippen molar-refractivity contribution in [2.75, 3.05) is 13.6 Å². The molecule has 3 amide bonds. The molecule has 5 nitrogen and oxygen atoms in total. The molecule has 1 atom stereocenters. The standard InChI is InChI=1S/C21H18F3N3O2/c1-26-16-12-27(11-13-5-3-2-4-6-13)19(28)17(16)18(25-20(26)29)14-7-9-15(10-8-14)21(22,23)24/h2-10,18H,11-12H2,1H3,(H,25,29)/t18-/m1/s1. The maximum absolute atomic E-state index is 13.1. The van der Waals surface area contributed by atoms with Crippen LogP contribution in [0.1, 0.15) is 22.7 Å². The number of carbonyl (C=O) groups excluding carboxylic acids is 2. The van der Waals surface area contributed by atoms with Crippen molar-refractivity contribution in [2.45, 2.75) is 18.8 Å². The highest BCUT2D eigenvalue weighted by molar-refractivity contribution is 6.01. The van der Waals surface area contributed by atoms with E-state index in [4.69, 9.17) is 0 Å². The normalized spacial score (nSPS) is 19.5. The highest BCUT2D eigenvalue weighted by Gasteiger charge is 2.43. The molecule has 0 saturated heterocycles. The van der Waals surface area contributed by atoms with E-state index < -0.39 is 23.8 Å². The van der Waals surface area contributed by atoms with Gasteiger partial charge in [-0.1, -0.05) is 42.5 Å². The average molecular weight is 401 g/mol. The van der Waals surface area contributed by atoms with E-state index in [9.17, 15) is 22.8 Å². The summed E-state index contributed by atoms with van der Waals surface area (Å²) in [5, 5.41) is 2.73. The summed E-state index contributed by atoms with van der Waals surface area (Å²) >= 11 is 0. The number of rotatable bonds is 3. The summed E-state index contributed by atoms with van der Waals surface area (Å²) in [6, 6.07) is 12.8. The number of hydrogen-bond acceptors (Lipinski definition) is 2. The molecule has 0 aromatic heterocycles. The van der Waals surface area contributed by atoms with Crippen LogP contribution in [-0.2, 0) is 17.5 Å². The first-order valence-corrected chi connectivity index (χ1v) is 9.03. The molecule has 0 saturated carbocycles. The predicted octanol–water partition coefficient (Wildman–Crippen LogP) is 3.70. The van der Waals surface area contributed by atoms with Crippen LogP contribution in [0.2, 0.25) is 0 Å². The molecule has 1 N–H and O–H groups in total. The Kier molecular flexibility index (Phi) is 4.56. The maximum Gasteiger partial charge on any atom is 0.416 e. The Labute approximate surface area is 165 Å². The van der Waals surface area contributed by atoms with Gasteiger partial charge >= 0.3 is 12.2 Å². The van der Waals surface area contributed by atoms with Gasteiger partial charge in [0.25, 0.3) is 5.91 Å². The molecular formula is C21H18F3N3O2. The van der Waals surface area contributed by atoms with Crippen molar-refractivity contribution >= 4 is 11.9 Å². The Hall–Kier alpha value is -3.29. The van der Waals surface area contributed by atoms with Gasteiger partial charge < -0.3 is 10.2 Å². The molecule has 4 rings (SSSR count). The zero-order chi connectivity index (χ0) is 20.8. The molecular weight excluding hydrogens is 383 g/mol. The van der Waals surface area contributed by atoms with Crippen molar-refractivity contribution in [3.63, 3.8) is 0 Å². The minimum Gasteiger partial charge on any atom is -0.329 e. The molecule has 29 heavy (non-hydrogen) atoms. The van der Waals surface area contributed by atoms with Gasteiger partial charge in [0.1, 0.15) is 0 Å². The molecule has 150 valence electrons. The van der Waals surface area contributed by atoms with Crippen LogP contribution < -0.4 is 5.32 Å². The largest absolute Gasteiger partial charge is 0.416 e. The summed E-state index contributed by atoms with van der Waals surface area (Å²) in [4.78, 5) is 28.5. The van der Waals surface area contributed by atoms with Crippen LogP contribution in [0.25, 0.3) is 0 Å². The van der Waals surface area contributed by atoms with Gasteiger partial charge in [0, 0.05) is 13.6 Å². The lowest BCUT2D eigenvalue weighted by Gasteiger charge is -2.31. The van der Waals surface area contributed by atoms with Crippen molar-refractivity contribution in [2.24, 2.45) is 0 Å². The molecule has 0 aliphatic carbocycles. The maximum atomic E-state index is 13.1. The Morgan fingerprint density at radius 3 is 2.31 bits per heavy atom. The Morgan fingerprint density at radius 1 is 1.03 bits per heavy atom. The van der Waals surface area contributed by atoms with E-state index in [0.717, 1.165) is 17.7 Å².